The Hall–Kier alpha value is -0.120. The van der Waals surface area contributed by atoms with E-state index >= 15 is 0 Å². The monoisotopic (exact) mass is 414 g/mol. The fourth-order valence-electron chi connectivity index (χ4n) is 3.73. The minimum Gasteiger partial charge on any atom is -0.379 e. The Morgan fingerprint density at radius 3 is 1.31 bits per heavy atom. The van der Waals surface area contributed by atoms with Crippen molar-refractivity contribution in [2.45, 2.75) is 117 Å². The van der Waals surface area contributed by atoms with Gasteiger partial charge >= 0.3 is 0 Å². The van der Waals surface area contributed by atoms with Crippen molar-refractivity contribution in [3.05, 3.63) is 0 Å². The van der Waals surface area contributed by atoms with E-state index in [0.29, 0.717) is 0 Å². The topological polar surface area (TPSA) is 18.5 Å². The molecule has 0 aliphatic carbocycles. The van der Waals surface area contributed by atoms with Crippen LogP contribution in [0, 0.1) is 0 Å². The average molecular weight is 415 g/mol. The van der Waals surface area contributed by atoms with Crippen LogP contribution in [0.4, 0.5) is 0 Å². The smallest absolute Gasteiger partial charge is 0.102 e. The molecule has 0 spiro atoms. The molecule has 0 N–H and O–H groups in total. The van der Waals surface area contributed by atoms with Crippen molar-refractivity contribution >= 4 is 0 Å². The molecule has 0 rings (SSSR count). The summed E-state index contributed by atoms with van der Waals surface area (Å²) in [6.45, 7) is 10.1. The van der Waals surface area contributed by atoms with E-state index in [2.05, 4.69) is 27.9 Å². The first-order chi connectivity index (χ1) is 14.1. The zero-order valence-corrected chi connectivity index (χ0v) is 20.8. The van der Waals surface area contributed by atoms with Crippen molar-refractivity contribution in [2.24, 2.45) is 0 Å². The van der Waals surface area contributed by atoms with Crippen molar-refractivity contribution < 1.29 is 14.0 Å². The van der Waals surface area contributed by atoms with Crippen LogP contribution in [0.15, 0.2) is 0 Å². The van der Waals surface area contributed by atoms with E-state index in [1.165, 1.54) is 103 Å². The van der Waals surface area contributed by atoms with E-state index in [1.54, 1.807) is 0 Å². The summed E-state index contributed by atoms with van der Waals surface area (Å²) < 4.78 is 12.3. The summed E-state index contributed by atoms with van der Waals surface area (Å²) in [6, 6.07) is 0. The van der Waals surface area contributed by atoms with Crippen LogP contribution in [-0.4, -0.2) is 58.1 Å². The number of hydrogen-bond acceptors (Lipinski definition) is 2. The minimum atomic E-state index is 0.739. The summed E-state index contributed by atoms with van der Waals surface area (Å²) in [4.78, 5) is 0. The second-order valence-electron chi connectivity index (χ2n) is 9.56. The minimum absolute atomic E-state index is 0.739. The SMILES string of the molecule is CCCCCCCCCCCCCCCC[N+](C)(C)CCOCCOCCCC. The maximum atomic E-state index is 5.73. The highest BCUT2D eigenvalue weighted by molar-refractivity contribution is 4.49. The van der Waals surface area contributed by atoms with Crippen molar-refractivity contribution in [3.63, 3.8) is 0 Å². The summed E-state index contributed by atoms with van der Waals surface area (Å²) in [5.74, 6) is 0. The van der Waals surface area contributed by atoms with Crippen molar-refractivity contribution in [1.29, 1.82) is 0 Å². The maximum Gasteiger partial charge on any atom is 0.102 e. The molecule has 0 unspecified atom stereocenters. The van der Waals surface area contributed by atoms with Gasteiger partial charge in [-0.25, -0.2) is 0 Å². The van der Waals surface area contributed by atoms with Gasteiger partial charge in [-0.3, -0.25) is 0 Å². The van der Waals surface area contributed by atoms with Crippen molar-refractivity contribution in [1.82, 2.24) is 0 Å². The van der Waals surface area contributed by atoms with E-state index in [4.69, 9.17) is 9.47 Å². The van der Waals surface area contributed by atoms with Gasteiger partial charge in [-0.2, -0.15) is 0 Å². The molecule has 0 aromatic carbocycles. The molecule has 0 aromatic rings. The second kappa shape index (κ2) is 22.6. The summed E-state index contributed by atoms with van der Waals surface area (Å²) in [5, 5.41) is 0. The lowest BCUT2D eigenvalue weighted by atomic mass is 10.0. The van der Waals surface area contributed by atoms with Gasteiger partial charge in [0, 0.05) is 6.61 Å². The number of hydrogen-bond donors (Lipinski definition) is 0. The number of unbranched alkanes of at least 4 members (excludes halogenated alkanes) is 14. The Labute approximate surface area is 184 Å². The fraction of sp³-hybridized carbons (Fsp3) is 1.00. The van der Waals surface area contributed by atoms with Crippen molar-refractivity contribution in [2.75, 3.05) is 53.6 Å². The van der Waals surface area contributed by atoms with Gasteiger partial charge < -0.3 is 14.0 Å². The molecule has 0 saturated carbocycles. The lowest BCUT2D eigenvalue weighted by molar-refractivity contribution is -0.891. The molecule has 0 aromatic heterocycles. The molecule has 0 atom stereocenters. The maximum absolute atomic E-state index is 5.73. The van der Waals surface area contributed by atoms with Crippen LogP contribution in [0.1, 0.15) is 117 Å². The molecule has 0 fully saturated rings. The molecular weight excluding hydrogens is 358 g/mol. The number of likely N-dealkylation sites (N-methyl/N-ethyl adjacent to an activating group) is 1. The standard InChI is InChI=1S/C26H56NO2/c1-5-7-9-10-11-12-13-14-15-16-17-18-19-20-21-27(3,4)22-24-29-26-25-28-23-8-6-2/h5-26H2,1-4H3/q+1. The molecule has 0 bridgehead atoms. The zero-order chi connectivity index (χ0) is 21.5. The largest absolute Gasteiger partial charge is 0.379 e. The van der Waals surface area contributed by atoms with E-state index in [9.17, 15) is 0 Å². The van der Waals surface area contributed by atoms with Crippen LogP contribution in [-0.2, 0) is 9.47 Å². The predicted molar refractivity (Wildman–Crippen MR) is 129 cm³/mol. The third kappa shape index (κ3) is 24.0. The Morgan fingerprint density at radius 1 is 0.414 bits per heavy atom. The van der Waals surface area contributed by atoms with Crippen LogP contribution in [0.25, 0.3) is 0 Å². The van der Waals surface area contributed by atoms with Gasteiger partial charge in [0.05, 0.1) is 40.5 Å². The molecule has 0 radical (unpaired) electrons. The lowest BCUT2D eigenvalue weighted by Gasteiger charge is -2.29. The van der Waals surface area contributed by atoms with Gasteiger partial charge in [0.15, 0.2) is 0 Å². The molecule has 176 valence electrons. The lowest BCUT2D eigenvalue weighted by Crippen LogP contribution is -2.43. The Kier molecular flexibility index (Phi) is 22.5. The Morgan fingerprint density at radius 2 is 0.828 bits per heavy atom. The molecule has 0 aliphatic rings. The van der Waals surface area contributed by atoms with Gasteiger partial charge in [0.25, 0.3) is 0 Å². The van der Waals surface area contributed by atoms with Crippen molar-refractivity contribution in [3.8, 4) is 0 Å². The molecule has 0 aliphatic heterocycles. The number of ether oxygens (including phenoxy) is 2. The molecule has 3 heteroatoms. The van der Waals surface area contributed by atoms with Gasteiger partial charge in [0.2, 0.25) is 0 Å². The highest BCUT2D eigenvalue weighted by Crippen LogP contribution is 2.13. The van der Waals surface area contributed by atoms with Gasteiger partial charge in [-0.1, -0.05) is 97.3 Å². The first-order valence-corrected chi connectivity index (χ1v) is 13.1. The number of rotatable bonds is 24. The highest BCUT2D eigenvalue weighted by Gasteiger charge is 2.13. The van der Waals surface area contributed by atoms with Crippen LogP contribution in [0.5, 0.6) is 0 Å². The first kappa shape index (κ1) is 28.9. The average Bonchev–Trinajstić information content (AvgIpc) is 2.70. The number of nitrogens with zero attached hydrogens (tertiary/aromatic N) is 1. The van der Waals surface area contributed by atoms with Crippen LogP contribution in [0.2, 0.25) is 0 Å². The summed E-state index contributed by atoms with van der Waals surface area (Å²) in [6.07, 6.45) is 22.4. The van der Waals surface area contributed by atoms with Crippen LogP contribution < -0.4 is 0 Å². The van der Waals surface area contributed by atoms with E-state index in [1.807, 2.05) is 0 Å². The number of quaternary nitrogens is 1. The fourth-order valence-corrected chi connectivity index (χ4v) is 3.73. The molecule has 0 saturated heterocycles. The Balaban J connectivity index is 3.27. The first-order valence-electron chi connectivity index (χ1n) is 13.1. The second-order valence-corrected chi connectivity index (χ2v) is 9.56. The van der Waals surface area contributed by atoms with E-state index in [-0.39, 0.29) is 0 Å². The molecular formula is C26H56NO2+. The van der Waals surface area contributed by atoms with Gasteiger partial charge in [0.1, 0.15) is 6.54 Å². The van der Waals surface area contributed by atoms with Crippen LogP contribution in [0.3, 0.4) is 0 Å². The predicted octanol–water partition coefficient (Wildman–Crippen LogP) is 7.38. The van der Waals surface area contributed by atoms with Gasteiger partial charge in [-0.15, -0.1) is 0 Å². The van der Waals surface area contributed by atoms with Crippen LogP contribution >= 0.6 is 0 Å². The summed E-state index contributed by atoms with van der Waals surface area (Å²) >= 11 is 0. The highest BCUT2D eigenvalue weighted by atomic mass is 16.5. The summed E-state index contributed by atoms with van der Waals surface area (Å²) in [7, 11) is 4.67. The van der Waals surface area contributed by atoms with E-state index < -0.39 is 0 Å². The molecule has 0 heterocycles. The third-order valence-electron chi connectivity index (χ3n) is 5.97. The molecule has 3 nitrogen and oxygen atoms in total. The summed E-state index contributed by atoms with van der Waals surface area (Å²) in [5.41, 5.74) is 0. The zero-order valence-electron chi connectivity index (χ0n) is 20.8. The van der Waals surface area contributed by atoms with E-state index in [0.717, 1.165) is 43.9 Å². The van der Waals surface area contributed by atoms with Gasteiger partial charge in [-0.05, 0) is 19.3 Å². The third-order valence-corrected chi connectivity index (χ3v) is 5.97. The normalized spacial score (nSPS) is 12.0. The Bertz CT molecular complexity index is 307. The molecule has 0 amide bonds. The molecule has 29 heavy (non-hydrogen) atoms. The quantitative estimate of drug-likeness (QED) is 0.121.